The standard InChI is InChI=1S/C15H16N2O/c18-15-12(10-13-5-3-9-16-13)8-7-11-4-1-2-6-14(11)17-15/h1-2,4,6-8,13,16H,3,5,9-10H2. The summed E-state index contributed by atoms with van der Waals surface area (Å²) in [6.07, 6.45) is 3.14. The van der Waals surface area contributed by atoms with Crippen molar-refractivity contribution in [1.82, 2.24) is 10.3 Å². The van der Waals surface area contributed by atoms with Gasteiger partial charge in [0.25, 0.3) is 5.56 Å². The van der Waals surface area contributed by atoms with Crippen LogP contribution in [0.15, 0.2) is 41.2 Å². The van der Waals surface area contributed by atoms with Crippen LogP contribution in [0, 0.1) is 0 Å². The quantitative estimate of drug-likeness (QED) is 0.871. The van der Waals surface area contributed by atoms with Gasteiger partial charge in [0.1, 0.15) is 0 Å². The fourth-order valence-electron chi connectivity index (χ4n) is 2.52. The van der Waals surface area contributed by atoms with Gasteiger partial charge in [-0.05, 0) is 31.9 Å². The van der Waals surface area contributed by atoms with Gasteiger partial charge in [0, 0.05) is 17.0 Å². The molecule has 18 heavy (non-hydrogen) atoms. The molecule has 1 fully saturated rings. The fourth-order valence-corrected chi connectivity index (χ4v) is 2.52. The number of rotatable bonds is 2. The van der Waals surface area contributed by atoms with E-state index < -0.39 is 0 Å². The molecule has 1 aliphatic heterocycles. The lowest BCUT2D eigenvalue weighted by atomic mass is 10.1. The Bertz CT molecular complexity index is 618. The number of para-hydroxylation sites is 1. The molecule has 1 N–H and O–H groups in total. The summed E-state index contributed by atoms with van der Waals surface area (Å²) in [5.74, 6) is 0. The highest BCUT2D eigenvalue weighted by Gasteiger charge is 2.15. The van der Waals surface area contributed by atoms with E-state index in [1.807, 2.05) is 36.4 Å². The molecule has 1 unspecified atom stereocenters. The van der Waals surface area contributed by atoms with Crippen molar-refractivity contribution in [3.63, 3.8) is 0 Å². The second-order valence-electron chi connectivity index (χ2n) is 4.83. The molecule has 1 atom stereocenters. The third-order valence-corrected chi connectivity index (χ3v) is 3.53. The summed E-state index contributed by atoms with van der Waals surface area (Å²) in [6.45, 7) is 1.06. The van der Waals surface area contributed by atoms with Gasteiger partial charge in [-0.1, -0.05) is 30.3 Å². The van der Waals surface area contributed by atoms with Gasteiger partial charge in [0.15, 0.2) is 0 Å². The van der Waals surface area contributed by atoms with Crippen LogP contribution in [0.3, 0.4) is 0 Å². The summed E-state index contributed by atoms with van der Waals surface area (Å²) in [5, 5.41) is 4.43. The van der Waals surface area contributed by atoms with Crippen LogP contribution in [0.2, 0.25) is 0 Å². The molecule has 3 nitrogen and oxygen atoms in total. The van der Waals surface area contributed by atoms with E-state index in [0.29, 0.717) is 6.04 Å². The Morgan fingerprint density at radius 1 is 1.22 bits per heavy atom. The number of benzene rings is 1. The molecule has 1 aliphatic rings. The van der Waals surface area contributed by atoms with Crippen molar-refractivity contribution in [3.8, 4) is 0 Å². The molecule has 2 heterocycles. The Kier molecular flexibility index (Phi) is 3.07. The van der Waals surface area contributed by atoms with Crippen molar-refractivity contribution in [3.05, 3.63) is 52.3 Å². The Balaban J connectivity index is 2.02. The van der Waals surface area contributed by atoms with Crippen LogP contribution in [0.5, 0.6) is 0 Å². The van der Waals surface area contributed by atoms with Crippen LogP contribution in [-0.2, 0) is 6.42 Å². The lowest BCUT2D eigenvalue weighted by Gasteiger charge is -2.07. The molecule has 1 aromatic heterocycles. The van der Waals surface area contributed by atoms with Crippen molar-refractivity contribution in [1.29, 1.82) is 0 Å². The van der Waals surface area contributed by atoms with E-state index in [-0.39, 0.29) is 5.56 Å². The normalized spacial score (nSPS) is 19.2. The number of hydrogen-bond acceptors (Lipinski definition) is 3. The highest BCUT2D eigenvalue weighted by atomic mass is 16.1. The summed E-state index contributed by atoms with van der Waals surface area (Å²) in [4.78, 5) is 16.3. The molecule has 0 aliphatic carbocycles. The van der Waals surface area contributed by atoms with Gasteiger partial charge in [-0.15, -0.1) is 0 Å². The average molecular weight is 240 g/mol. The monoisotopic (exact) mass is 240 g/mol. The Morgan fingerprint density at radius 3 is 2.94 bits per heavy atom. The third kappa shape index (κ3) is 2.27. The first-order valence-electron chi connectivity index (χ1n) is 6.45. The summed E-state index contributed by atoms with van der Waals surface area (Å²) in [5.41, 5.74) is 1.49. The van der Waals surface area contributed by atoms with Crippen LogP contribution in [0.25, 0.3) is 10.9 Å². The lowest BCUT2D eigenvalue weighted by Crippen LogP contribution is -2.26. The maximum absolute atomic E-state index is 12.1. The molecule has 0 amide bonds. The van der Waals surface area contributed by atoms with Crippen LogP contribution in [-0.4, -0.2) is 17.6 Å². The molecule has 92 valence electrons. The zero-order valence-electron chi connectivity index (χ0n) is 10.2. The molecule has 3 rings (SSSR count). The predicted octanol–water partition coefficient (Wildman–Crippen LogP) is 1.89. The van der Waals surface area contributed by atoms with Gasteiger partial charge in [0.2, 0.25) is 0 Å². The van der Waals surface area contributed by atoms with Crippen molar-refractivity contribution < 1.29 is 0 Å². The number of aromatic nitrogens is 1. The third-order valence-electron chi connectivity index (χ3n) is 3.53. The number of nitrogens with zero attached hydrogens (tertiary/aromatic N) is 1. The maximum atomic E-state index is 12.1. The summed E-state index contributed by atoms with van der Waals surface area (Å²) in [7, 11) is 0. The van der Waals surface area contributed by atoms with E-state index >= 15 is 0 Å². The van der Waals surface area contributed by atoms with Gasteiger partial charge in [-0.2, -0.15) is 0 Å². The summed E-state index contributed by atoms with van der Waals surface area (Å²) >= 11 is 0. The van der Waals surface area contributed by atoms with Crippen LogP contribution >= 0.6 is 0 Å². The van der Waals surface area contributed by atoms with E-state index in [1.165, 1.54) is 6.42 Å². The molecule has 0 radical (unpaired) electrons. The van der Waals surface area contributed by atoms with Gasteiger partial charge in [-0.3, -0.25) is 4.79 Å². The molecular weight excluding hydrogens is 224 g/mol. The van der Waals surface area contributed by atoms with Crippen LogP contribution < -0.4 is 10.9 Å². The zero-order chi connectivity index (χ0) is 12.4. The number of fused-ring (bicyclic) bond motifs is 1. The predicted molar refractivity (Wildman–Crippen MR) is 72.7 cm³/mol. The Hall–Kier alpha value is -1.74. The smallest absolute Gasteiger partial charge is 0.273 e. The van der Waals surface area contributed by atoms with Crippen LogP contribution in [0.1, 0.15) is 18.4 Å². The first-order chi connectivity index (χ1) is 8.83. The largest absolute Gasteiger partial charge is 0.314 e. The highest BCUT2D eigenvalue weighted by molar-refractivity contribution is 5.77. The van der Waals surface area contributed by atoms with Gasteiger partial charge < -0.3 is 5.32 Å². The van der Waals surface area contributed by atoms with Crippen LogP contribution in [0.4, 0.5) is 0 Å². The fraction of sp³-hybridized carbons (Fsp3) is 0.333. The van der Waals surface area contributed by atoms with E-state index in [2.05, 4.69) is 10.3 Å². The van der Waals surface area contributed by atoms with E-state index in [9.17, 15) is 4.79 Å². The highest BCUT2D eigenvalue weighted by Crippen LogP contribution is 2.12. The first kappa shape index (κ1) is 11.4. The number of nitrogens with one attached hydrogen (secondary N) is 1. The zero-order valence-corrected chi connectivity index (χ0v) is 10.2. The second kappa shape index (κ2) is 4.86. The minimum Gasteiger partial charge on any atom is -0.314 e. The van der Waals surface area contributed by atoms with E-state index in [0.717, 1.165) is 35.9 Å². The Morgan fingerprint density at radius 2 is 2.11 bits per heavy atom. The first-order valence-corrected chi connectivity index (χ1v) is 6.45. The minimum absolute atomic E-state index is 0.0927. The van der Waals surface area contributed by atoms with Crippen molar-refractivity contribution in [2.45, 2.75) is 25.3 Å². The van der Waals surface area contributed by atoms with Gasteiger partial charge >= 0.3 is 0 Å². The van der Waals surface area contributed by atoms with Gasteiger partial charge in [0.05, 0.1) is 5.52 Å². The second-order valence-corrected chi connectivity index (χ2v) is 4.83. The van der Waals surface area contributed by atoms with E-state index in [1.54, 1.807) is 0 Å². The SMILES string of the molecule is O=c1nc2ccccc2ccc1CC1CCCN1. The number of hydrogen-bond donors (Lipinski definition) is 1. The Labute approximate surface area is 106 Å². The summed E-state index contributed by atoms with van der Waals surface area (Å²) < 4.78 is 0. The molecule has 0 bridgehead atoms. The van der Waals surface area contributed by atoms with Crippen molar-refractivity contribution in [2.24, 2.45) is 0 Å². The van der Waals surface area contributed by atoms with Crippen molar-refractivity contribution in [2.75, 3.05) is 6.54 Å². The molecule has 3 heteroatoms. The lowest BCUT2D eigenvalue weighted by molar-refractivity contribution is 0.600. The van der Waals surface area contributed by atoms with Gasteiger partial charge in [-0.25, -0.2) is 4.98 Å². The average Bonchev–Trinajstić information content (AvgIpc) is 2.83. The molecule has 1 aromatic carbocycles. The molecule has 2 aromatic rings. The summed E-state index contributed by atoms with van der Waals surface area (Å²) in [6, 6.07) is 12.1. The van der Waals surface area contributed by atoms with E-state index in [4.69, 9.17) is 0 Å². The minimum atomic E-state index is -0.0927. The molecule has 0 saturated carbocycles. The molecule has 1 saturated heterocycles. The maximum Gasteiger partial charge on any atom is 0.273 e. The van der Waals surface area contributed by atoms with Crippen molar-refractivity contribution >= 4 is 10.9 Å². The molecular formula is C15H16N2O. The molecule has 0 spiro atoms. The topological polar surface area (TPSA) is 42.0 Å².